The van der Waals surface area contributed by atoms with Crippen LogP contribution in [-0.4, -0.2) is 31.2 Å². The molecular formula is C14H15N5O2. The molecule has 0 atom stereocenters. The first-order valence-corrected chi connectivity index (χ1v) is 6.28. The lowest BCUT2D eigenvalue weighted by Gasteiger charge is -2.00. The van der Waals surface area contributed by atoms with Gasteiger partial charge in [-0.05, 0) is 6.92 Å². The first-order chi connectivity index (χ1) is 10.0. The van der Waals surface area contributed by atoms with Gasteiger partial charge in [-0.2, -0.15) is 5.10 Å². The molecular weight excluding hydrogens is 270 g/mol. The number of rotatable bonds is 4. The molecule has 2 heterocycles. The van der Waals surface area contributed by atoms with Gasteiger partial charge in [0, 0.05) is 20.2 Å². The summed E-state index contributed by atoms with van der Waals surface area (Å²) in [6.45, 7) is 6.70. The summed E-state index contributed by atoms with van der Waals surface area (Å²) < 4.78 is 2.59. The van der Waals surface area contributed by atoms with Gasteiger partial charge in [-0.25, -0.2) is 9.50 Å². The number of allylic oxidation sites excluding steroid dienone is 2. The molecule has 0 aliphatic rings. The van der Waals surface area contributed by atoms with Gasteiger partial charge >= 0.3 is 0 Å². The van der Waals surface area contributed by atoms with E-state index in [1.165, 1.54) is 34.6 Å². The maximum Gasteiger partial charge on any atom is 0.279 e. The first-order valence-electron chi connectivity index (χ1n) is 6.28. The first kappa shape index (κ1) is 14.6. The van der Waals surface area contributed by atoms with Crippen LogP contribution in [0.3, 0.4) is 0 Å². The molecule has 0 radical (unpaired) electrons. The Bertz CT molecular complexity index is 839. The van der Waals surface area contributed by atoms with Crippen molar-refractivity contribution >= 4 is 23.2 Å². The van der Waals surface area contributed by atoms with Crippen LogP contribution in [0.5, 0.6) is 0 Å². The Kier molecular flexibility index (Phi) is 3.93. The summed E-state index contributed by atoms with van der Waals surface area (Å²) in [4.78, 5) is 32.4. The summed E-state index contributed by atoms with van der Waals surface area (Å²) in [5, 5.41) is 4.08. The number of hydrogen-bond acceptors (Lipinski definition) is 5. The van der Waals surface area contributed by atoms with Gasteiger partial charge in [-0.3, -0.25) is 19.1 Å². The lowest BCUT2D eigenvalue weighted by atomic mass is 10.3. The van der Waals surface area contributed by atoms with Gasteiger partial charge in [0.2, 0.25) is 0 Å². The second-order valence-corrected chi connectivity index (χ2v) is 4.34. The number of carbonyl (C=O) groups excluding carboxylic acids is 1. The van der Waals surface area contributed by atoms with E-state index in [2.05, 4.69) is 21.7 Å². The molecule has 2 rings (SSSR count). The fourth-order valence-corrected chi connectivity index (χ4v) is 1.88. The van der Waals surface area contributed by atoms with E-state index in [4.69, 9.17) is 0 Å². The zero-order valence-corrected chi connectivity index (χ0v) is 12.1. The molecule has 7 heteroatoms. The van der Waals surface area contributed by atoms with Gasteiger partial charge in [-0.1, -0.05) is 18.7 Å². The summed E-state index contributed by atoms with van der Waals surface area (Å²) in [5.41, 5.74) is 0.729. The topological polar surface area (TPSA) is 81.6 Å². The molecule has 0 aliphatic carbocycles. The van der Waals surface area contributed by atoms with Crippen molar-refractivity contribution in [2.45, 2.75) is 13.8 Å². The second-order valence-electron chi connectivity index (χ2n) is 4.34. The maximum atomic E-state index is 12.3. The Morgan fingerprint density at radius 1 is 1.48 bits per heavy atom. The number of hydrogen-bond donors (Lipinski definition) is 0. The lowest BCUT2D eigenvalue weighted by molar-refractivity contribution is 0.100. The van der Waals surface area contributed by atoms with E-state index in [9.17, 15) is 9.59 Å². The van der Waals surface area contributed by atoms with Gasteiger partial charge < -0.3 is 0 Å². The third-order valence-electron chi connectivity index (χ3n) is 2.87. The van der Waals surface area contributed by atoms with Gasteiger partial charge in [0.05, 0.1) is 5.70 Å². The number of fused-ring (bicyclic) bond motifs is 1. The van der Waals surface area contributed by atoms with Crippen molar-refractivity contribution in [3.05, 3.63) is 46.9 Å². The normalized spacial score (nSPS) is 12.2. The molecule has 0 unspecified atom stereocenters. The van der Waals surface area contributed by atoms with E-state index in [1.54, 1.807) is 20.0 Å². The van der Waals surface area contributed by atoms with Crippen LogP contribution >= 0.6 is 0 Å². The molecule has 0 bridgehead atoms. The zero-order chi connectivity index (χ0) is 15.6. The molecule has 0 fully saturated rings. The number of imidazole rings is 1. The van der Waals surface area contributed by atoms with Gasteiger partial charge in [0.15, 0.2) is 17.1 Å². The summed E-state index contributed by atoms with van der Waals surface area (Å²) in [6.07, 6.45) is 6.06. The molecule has 2 aromatic heterocycles. The molecule has 108 valence electrons. The molecule has 0 saturated heterocycles. The minimum Gasteiger partial charge on any atom is -0.299 e. The van der Waals surface area contributed by atoms with Crippen molar-refractivity contribution in [2.24, 2.45) is 12.0 Å². The highest BCUT2D eigenvalue weighted by atomic mass is 16.1. The number of aryl methyl sites for hydroxylation is 1. The smallest absolute Gasteiger partial charge is 0.279 e. The fourth-order valence-electron chi connectivity index (χ4n) is 1.88. The number of nitrogens with zero attached hydrogens (tertiary/aromatic N) is 5. The van der Waals surface area contributed by atoms with Crippen LogP contribution < -0.4 is 5.56 Å². The highest BCUT2D eigenvalue weighted by Gasteiger charge is 2.20. The fraction of sp³-hybridized carbons (Fsp3) is 0.214. The van der Waals surface area contributed by atoms with Crippen LogP contribution in [-0.2, 0) is 7.05 Å². The van der Waals surface area contributed by atoms with Crippen molar-refractivity contribution in [2.75, 3.05) is 0 Å². The maximum absolute atomic E-state index is 12.3. The summed E-state index contributed by atoms with van der Waals surface area (Å²) in [6, 6.07) is 0. The average Bonchev–Trinajstić information content (AvgIpc) is 2.84. The van der Waals surface area contributed by atoms with E-state index in [0.717, 1.165) is 0 Å². The molecule has 0 aliphatic heterocycles. The lowest BCUT2D eigenvalue weighted by Crippen LogP contribution is -2.21. The standard InChI is InChI=1S/C14H15N5O2/c1-5-7-15-10(6-2)11-12-14(21)18(4)8-16-19(12)13(17-11)9(3)20/h5-8H,1H2,2-4H3/b10-6-,15-7?. The Morgan fingerprint density at radius 2 is 2.19 bits per heavy atom. The summed E-state index contributed by atoms with van der Waals surface area (Å²) in [7, 11) is 1.59. The molecule has 7 nitrogen and oxygen atoms in total. The van der Waals surface area contributed by atoms with Crippen molar-refractivity contribution < 1.29 is 4.79 Å². The number of carbonyl (C=O) groups is 1. The molecule has 0 spiro atoms. The van der Waals surface area contributed by atoms with Crippen LogP contribution in [0.2, 0.25) is 0 Å². The average molecular weight is 285 g/mol. The number of aromatic nitrogens is 4. The molecule has 2 aromatic rings. The van der Waals surface area contributed by atoms with E-state index < -0.39 is 0 Å². The van der Waals surface area contributed by atoms with Crippen LogP contribution in [0.4, 0.5) is 0 Å². The van der Waals surface area contributed by atoms with Crippen LogP contribution in [0.15, 0.2) is 34.8 Å². The van der Waals surface area contributed by atoms with E-state index >= 15 is 0 Å². The molecule has 0 N–H and O–H groups in total. The van der Waals surface area contributed by atoms with Gasteiger partial charge in [-0.15, -0.1) is 0 Å². The van der Waals surface area contributed by atoms with Crippen LogP contribution in [0.1, 0.15) is 30.2 Å². The minimum absolute atomic E-state index is 0.103. The van der Waals surface area contributed by atoms with Crippen LogP contribution in [0, 0.1) is 0 Å². The van der Waals surface area contributed by atoms with Gasteiger partial charge in [0.25, 0.3) is 5.56 Å². The Hall–Kier alpha value is -2.83. The van der Waals surface area contributed by atoms with Crippen molar-refractivity contribution in [3.8, 4) is 0 Å². The Labute approximate surface area is 121 Å². The summed E-state index contributed by atoms with van der Waals surface area (Å²) in [5.74, 6) is -0.175. The highest BCUT2D eigenvalue weighted by Crippen LogP contribution is 2.19. The van der Waals surface area contributed by atoms with E-state index in [1.807, 2.05) is 0 Å². The number of Topliss-reactive ketones (excluding diaryl/α,β-unsaturated/α-hetero) is 1. The molecule has 0 amide bonds. The predicted molar refractivity (Wildman–Crippen MR) is 80.6 cm³/mol. The summed E-state index contributed by atoms with van der Waals surface area (Å²) >= 11 is 0. The quantitative estimate of drug-likeness (QED) is 0.625. The molecule has 0 aromatic carbocycles. The predicted octanol–water partition coefficient (Wildman–Crippen LogP) is 1.25. The molecule has 0 saturated carbocycles. The van der Waals surface area contributed by atoms with Gasteiger partial charge in [0.1, 0.15) is 12.0 Å². The third kappa shape index (κ3) is 2.45. The Balaban J connectivity index is 2.89. The largest absolute Gasteiger partial charge is 0.299 e. The monoisotopic (exact) mass is 285 g/mol. The highest BCUT2D eigenvalue weighted by molar-refractivity contribution is 5.93. The number of aliphatic imine (C=N–C) groups is 1. The Morgan fingerprint density at radius 3 is 2.76 bits per heavy atom. The molecule has 21 heavy (non-hydrogen) atoms. The van der Waals surface area contributed by atoms with Crippen LogP contribution in [0.25, 0.3) is 11.2 Å². The zero-order valence-electron chi connectivity index (χ0n) is 12.1. The second kappa shape index (κ2) is 5.66. The van der Waals surface area contributed by atoms with Crippen molar-refractivity contribution in [1.29, 1.82) is 0 Å². The van der Waals surface area contributed by atoms with Crippen molar-refractivity contribution in [3.63, 3.8) is 0 Å². The van der Waals surface area contributed by atoms with Crippen molar-refractivity contribution in [1.82, 2.24) is 19.2 Å². The number of ketones is 1. The van der Waals surface area contributed by atoms with E-state index in [-0.39, 0.29) is 22.7 Å². The minimum atomic E-state index is -0.298. The third-order valence-corrected chi connectivity index (χ3v) is 2.87. The SMILES string of the molecule is C=CC=N/C(=C\C)c1nc(C(C)=O)n2ncn(C)c(=O)c12. The van der Waals surface area contributed by atoms with E-state index in [0.29, 0.717) is 11.4 Å².